The molecule has 1 atom stereocenters. The maximum absolute atomic E-state index is 13.4. The first kappa shape index (κ1) is 13.5. The number of methoxy groups -OCH3 is 1. The largest absolute Gasteiger partial charge is 0.496 e. The Morgan fingerprint density at radius 2 is 2.21 bits per heavy atom. The molecule has 5 heteroatoms. The van der Waals surface area contributed by atoms with E-state index in [1.807, 2.05) is 20.0 Å². The predicted molar refractivity (Wildman–Crippen MR) is 70.8 cm³/mol. The van der Waals surface area contributed by atoms with Crippen molar-refractivity contribution in [1.82, 2.24) is 15.0 Å². The summed E-state index contributed by atoms with van der Waals surface area (Å²) >= 11 is 0. The second-order valence-corrected chi connectivity index (χ2v) is 4.56. The highest BCUT2D eigenvalue weighted by Crippen LogP contribution is 2.29. The maximum atomic E-state index is 13.4. The van der Waals surface area contributed by atoms with Gasteiger partial charge in [0.1, 0.15) is 11.6 Å². The molecule has 0 saturated carbocycles. The van der Waals surface area contributed by atoms with E-state index < -0.39 is 0 Å². The number of halogens is 1. The molecule has 1 heterocycles. The first-order valence-corrected chi connectivity index (χ1v) is 6.36. The van der Waals surface area contributed by atoms with Crippen LogP contribution in [-0.4, -0.2) is 22.1 Å². The fraction of sp³-hybridized carbons (Fsp3) is 0.429. The fourth-order valence-electron chi connectivity index (χ4n) is 2.10. The van der Waals surface area contributed by atoms with Crippen LogP contribution < -0.4 is 4.74 Å². The first-order chi connectivity index (χ1) is 9.13. The summed E-state index contributed by atoms with van der Waals surface area (Å²) in [7, 11) is 1.59. The van der Waals surface area contributed by atoms with E-state index in [0.717, 1.165) is 17.8 Å². The molecule has 102 valence electrons. The summed E-state index contributed by atoms with van der Waals surface area (Å²) in [5.41, 5.74) is 1.76. The summed E-state index contributed by atoms with van der Waals surface area (Å²) in [6.45, 7) is 4.84. The Balaban J connectivity index is 2.19. The third-order valence-corrected chi connectivity index (χ3v) is 3.15. The molecule has 19 heavy (non-hydrogen) atoms. The number of benzene rings is 1. The minimum absolute atomic E-state index is 0.118. The molecule has 1 unspecified atom stereocenters. The topological polar surface area (TPSA) is 39.9 Å². The van der Waals surface area contributed by atoms with Gasteiger partial charge in [-0.05, 0) is 37.5 Å². The van der Waals surface area contributed by atoms with Crippen molar-refractivity contribution >= 4 is 0 Å². The van der Waals surface area contributed by atoms with Crippen LogP contribution in [0.25, 0.3) is 0 Å². The summed E-state index contributed by atoms with van der Waals surface area (Å²) in [5.74, 6) is 0.573. The molecule has 0 aliphatic heterocycles. The molecule has 4 nitrogen and oxygen atoms in total. The number of aryl methyl sites for hydroxylation is 1. The van der Waals surface area contributed by atoms with Crippen molar-refractivity contribution in [3.63, 3.8) is 0 Å². The Kier molecular flexibility index (Phi) is 4.14. The molecule has 0 N–H and O–H groups in total. The Bertz CT molecular complexity index is 553. The van der Waals surface area contributed by atoms with Crippen molar-refractivity contribution in [3.8, 4) is 5.75 Å². The predicted octanol–water partition coefficient (Wildman–Crippen LogP) is 2.79. The minimum Gasteiger partial charge on any atom is -0.496 e. The molecule has 0 spiro atoms. The van der Waals surface area contributed by atoms with Crippen molar-refractivity contribution in [2.75, 3.05) is 7.11 Å². The number of rotatable bonds is 5. The molecule has 1 aromatic carbocycles. The number of ether oxygens (including phenoxy) is 1. The molecule has 0 aliphatic carbocycles. The fourth-order valence-corrected chi connectivity index (χ4v) is 2.10. The van der Waals surface area contributed by atoms with Gasteiger partial charge in [-0.2, -0.15) is 0 Å². The highest BCUT2D eigenvalue weighted by molar-refractivity contribution is 5.37. The third-order valence-electron chi connectivity index (χ3n) is 3.15. The van der Waals surface area contributed by atoms with Gasteiger partial charge in [-0.1, -0.05) is 12.1 Å². The average Bonchev–Trinajstić information content (AvgIpc) is 2.86. The molecule has 0 bridgehead atoms. The zero-order valence-electron chi connectivity index (χ0n) is 11.4. The van der Waals surface area contributed by atoms with Gasteiger partial charge in [0.15, 0.2) is 0 Å². The monoisotopic (exact) mass is 263 g/mol. The second-order valence-electron chi connectivity index (χ2n) is 4.56. The molecule has 2 aromatic rings. The van der Waals surface area contributed by atoms with Gasteiger partial charge in [-0.25, -0.2) is 4.39 Å². The van der Waals surface area contributed by atoms with Gasteiger partial charge in [0.05, 0.1) is 12.8 Å². The zero-order valence-corrected chi connectivity index (χ0v) is 11.4. The summed E-state index contributed by atoms with van der Waals surface area (Å²) in [6, 6.07) is 4.58. The Labute approximate surface area is 112 Å². The van der Waals surface area contributed by atoms with Crippen LogP contribution in [0.2, 0.25) is 0 Å². The van der Waals surface area contributed by atoms with Crippen LogP contribution in [-0.2, 0) is 13.0 Å². The van der Waals surface area contributed by atoms with E-state index in [2.05, 4.69) is 10.3 Å². The normalized spacial score (nSPS) is 12.4. The van der Waals surface area contributed by atoms with Crippen molar-refractivity contribution in [2.24, 2.45) is 0 Å². The standard InChI is InChI=1S/C14H18FN3O/c1-4-18-9-12(16-17-18)7-10(2)13-8-11(15)5-6-14(13)19-3/h5-6,8-10H,4,7H2,1-3H3. The van der Waals surface area contributed by atoms with E-state index in [0.29, 0.717) is 12.2 Å². The lowest BCUT2D eigenvalue weighted by Gasteiger charge is -2.14. The van der Waals surface area contributed by atoms with Crippen LogP contribution in [0.4, 0.5) is 4.39 Å². The Morgan fingerprint density at radius 3 is 2.84 bits per heavy atom. The summed E-state index contributed by atoms with van der Waals surface area (Å²) in [5, 5.41) is 8.11. The molecule has 0 aliphatic rings. The van der Waals surface area contributed by atoms with E-state index >= 15 is 0 Å². The quantitative estimate of drug-likeness (QED) is 0.832. The van der Waals surface area contributed by atoms with Crippen LogP contribution >= 0.6 is 0 Å². The summed E-state index contributed by atoms with van der Waals surface area (Å²) in [4.78, 5) is 0. The van der Waals surface area contributed by atoms with Crippen LogP contribution in [0.3, 0.4) is 0 Å². The lowest BCUT2D eigenvalue weighted by Crippen LogP contribution is -2.02. The molecule has 2 rings (SSSR count). The molecule has 0 amide bonds. The lowest BCUT2D eigenvalue weighted by molar-refractivity contribution is 0.404. The average molecular weight is 263 g/mol. The third kappa shape index (κ3) is 3.10. The first-order valence-electron chi connectivity index (χ1n) is 6.36. The number of hydrogen-bond acceptors (Lipinski definition) is 3. The second kappa shape index (κ2) is 5.82. The van der Waals surface area contributed by atoms with E-state index in [1.165, 1.54) is 12.1 Å². The van der Waals surface area contributed by atoms with Crippen molar-refractivity contribution in [1.29, 1.82) is 0 Å². The molecule has 0 radical (unpaired) electrons. The Morgan fingerprint density at radius 1 is 1.42 bits per heavy atom. The van der Waals surface area contributed by atoms with Gasteiger partial charge in [0.25, 0.3) is 0 Å². The smallest absolute Gasteiger partial charge is 0.123 e. The molecular formula is C14H18FN3O. The summed E-state index contributed by atoms with van der Waals surface area (Å²) < 4.78 is 20.4. The van der Waals surface area contributed by atoms with Crippen LogP contribution in [0.1, 0.15) is 31.0 Å². The van der Waals surface area contributed by atoms with Gasteiger partial charge < -0.3 is 4.74 Å². The Hall–Kier alpha value is -1.91. The van der Waals surface area contributed by atoms with E-state index in [9.17, 15) is 4.39 Å². The van der Waals surface area contributed by atoms with Crippen molar-refractivity contribution < 1.29 is 9.13 Å². The van der Waals surface area contributed by atoms with Gasteiger partial charge in [0.2, 0.25) is 0 Å². The number of hydrogen-bond donors (Lipinski definition) is 0. The molecular weight excluding hydrogens is 245 g/mol. The van der Waals surface area contributed by atoms with Gasteiger partial charge in [-0.15, -0.1) is 5.10 Å². The molecule has 0 fully saturated rings. The highest BCUT2D eigenvalue weighted by atomic mass is 19.1. The number of aromatic nitrogens is 3. The molecule has 1 aromatic heterocycles. The van der Waals surface area contributed by atoms with Gasteiger partial charge in [-0.3, -0.25) is 4.68 Å². The van der Waals surface area contributed by atoms with E-state index in [1.54, 1.807) is 17.9 Å². The highest BCUT2D eigenvalue weighted by Gasteiger charge is 2.15. The lowest BCUT2D eigenvalue weighted by atomic mass is 9.95. The maximum Gasteiger partial charge on any atom is 0.123 e. The number of nitrogens with zero attached hydrogens (tertiary/aromatic N) is 3. The zero-order chi connectivity index (χ0) is 13.8. The van der Waals surface area contributed by atoms with Crippen molar-refractivity contribution in [3.05, 3.63) is 41.5 Å². The van der Waals surface area contributed by atoms with Crippen LogP contribution in [0, 0.1) is 5.82 Å². The van der Waals surface area contributed by atoms with Gasteiger partial charge in [0, 0.05) is 18.3 Å². The minimum atomic E-state index is -0.250. The van der Waals surface area contributed by atoms with Crippen LogP contribution in [0.15, 0.2) is 24.4 Å². The SMILES string of the molecule is CCn1cc(CC(C)c2cc(F)ccc2OC)nn1. The van der Waals surface area contributed by atoms with E-state index in [-0.39, 0.29) is 11.7 Å². The van der Waals surface area contributed by atoms with Crippen molar-refractivity contribution in [2.45, 2.75) is 32.7 Å². The molecule has 0 saturated heterocycles. The van der Waals surface area contributed by atoms with Crippen LogP contribution in [0.5, 0.6) is 5.75 Å². The summed E-state index contributed by atoms with van der Waals surface area (Å²) in [6.07, 6.45) is 2.63. The van der Waals surface area contributed by atoms with Gasteiger partial charge >= 0.3 is 0 Å². The van der Waals surface area contributed by atoms with E-state index in [4.69, 9.17) is 4.74 Å².